The molecule has 0 fully saturated rings. The lowest BCUT2D eigenvalue weighted by atomic mass is 9.92. The minimum atomic E-state index is 0.255. The standard InChI is InChI=1S/C21H15NO/c1-22-18-12-10-14-6-2-4-8-16(14)20(18)21-17-9-5-3-7-15(17)11-13-19(21)23/h2-13,23H,1H2. The van der Waals surface area contributed by atoms with E-state index in [1.165, 1.54) is 0 Å². The molecule has 23 heavy (non-hydrogen) atoms. The number of phenols is 1. The monoisotopic (exact) mass is 297 g/mol. The molecule has 0 bridgehead atoms. The molecule has 1 N–H and O–H groups in total. The largest absolute Gasteiger partial charge is 0.507 e. The molecule has 0 aromatic heterocycles. The van der Waals surface area contributed by atoms with E-state index >= 15 is 0 Å². The van der Waals surface area contributed by atoms with Crippen molar-refractivity contribution in [1.29, 1.82) is 0 Å². The maximum Gasteiger partial charge on any atom is 0.124 e. The number of hydrogen-bond acceptors (Lipinski definition) is 2. The van der Waals surface area contributed by atoms with Crippen LogP contribution in [0.4, 0.5) is 5.69 Å². The Morgan fingerprint density at radius 2 is 1.22 bits per heavy atom. The van der Waals surface area contributed by atoms with Gasteiger partial charge in [0.25, 0.3) is 0 Å². The maximum atomic E-state index is 10.6. The Hall–Kier alpha value is -3.13. The molecule has 0 aliphatic carbocycles. The molecule has 0 unspecified atom stereocenters. The van der Waals surface area contributed by atoms with Gasteiger partial charge in [0.2, 0.25) is 0 Å². The number of phenolic OH excluding ortho intramolecular Hbond substituents is 1. The van der Waals surface area contributed by atoms with Crippen LogP contribution in [0, 0.1) is 0 Å². The minimum absolute atomic E-state index is 0.255. The third-order valence-corrected chi connectivity index (χ3v) is 4.23. The van der Waals surface area contributed by atoms with Crippen molar-refractivity contribution in [1.82, 2.24) is 0 Å². The molecule has 2 nitrogen and oxygen atoms in total. The number of fused-ring (bicyclic) bond motifs is 2. The first-order chi connectivity index (χ1) is 11.3. The van der Waals surface area contributed by atoms with Gasteiger partial charge < -0.3 is 5.11 Å². The second-order valence-electron chi connectivity index (χ2n) is 5.52. The molecule has 2 heteroatoms. The molecule has 0 aliphatic rings. The smallest absolute Gasteiger partial charge is 0.124 e. The third-order valence-electron chi connectivity index (χ3n) is 4.23. The van der Waals surface area contributed by atoms with Crippen molar-refractivity contribution in [3.63, 3.8) is 0 Å². The number of rotatable bonds is 2. The molecule has 4 aromatic carbocycles. The molecule has 0 spiro atoms. The molecule has 0 saturated carbocycles. The van der Waals surface area contributed by atoms with Crippen LogP contribution in [0.5, 0.6) is 5.75 Å². The Morgan fingerprint density at radius 3 is 1.87 bits per heavy atom. The van der Waals surface area contributed by atoms with Crippen LogP contribution >= 0.6 is 0 Å². The van der Waals surface area contributed by atoms with E-state index in [9.17, 15) is 5.11 Å². The lowest BCUT2D eigenvalue weighted by Crippen LogP contribution is -1.86. The summed E-state index contributed by atoms with van der Waals surface area (Å²) in [6.07, 6.45) is 0. The second-order valence-corrected chi connectivity index (χ2v) is 5.52. The Kier molecular flexibility index (Phi) is 3.09. The van der Waals surface area contributed by atoms with Crippen LogP contribution in [0.1, 0.15) is 0 Å². The highest BCUT2D eigenvalue weighted by Gasteiger charge is 2.15. The summed E-state index contributed by atoms with van der Waals surface area (Å²) in [7, 11) is 0. The van der Waals surface area contributed by atoms with Gasteiger partial charge in [-0.3, -0.25) is 4.99 Å². The molecule has 0 saturated heterocycles. The fourth-order valence-corrected chi connectivity index (χ4v) is 3.18. The molecule has 110 valence electrons. The Labute approximate surface area is 134 Å². The Morgan fingerprint density at radius 1 is 0.652 bits per heavy atom. The number of aliphatic imine (C=N–C) groups is 1. The zero-order valence-corrected chi connectivity index (χ0v) is 12.5. The van der Waals surface area contributed by atoms with Crippen LogP contribution in [0.3, 0.4) is 0 Å². The summed E-state index contributed by atoms with van der Waals surface area (Å²) in [4.78, 5) is 4.18. The van der Waals surface area contributed by atoms with Crippen molar-refractivity contribution in [2.45, 2.75) is 0 Å². The lowest BCUT2D eigenvalue weighted by Gasteiger charge is -2.14. The van der Waals surface area contributed by atoms with Crippen molar-refractivity contribution < 1.29 is 5.11 Å². The topological polar surface area (TPSA) is 32.6 Å². The third kappa shape index (κ3) is 2.08. The summed E-state index contributed by atoms with van der Waals surface area (Å²) >= 11 is 0. The van der Waals surface area contributed by atoms with Gasteiger partial charge >= 0.3 is 0 Å². The molecular formula is C21H15NO. The fraction of sp³-hybridized carbons (Fsp3) is 0. The summed E-state index contributed by atoms with van der Waals surface area (Å²) in [5.74, 6) is 0.255. The first kappa shape index (κ1) is 13.5. The molecular weight excluding hydrogens is 282 g/mol. The summed E-state index contributed by atoms with van der Waals surface area (Å²) in [5, 5.41) is 14.8. The minimum Gasteiger partial charge on any atom is -0.507 e. The van der Waals surface area contributed by atoms with Gasteiger partial charge in [0.1, 0.15) is 5.75 Å². The predicted octanol–water partition coefficient (Wildman–Crippen LogP) is 5.70. The van der Waals surface area contributed by atoms with Crippen molar-refractivity contribution in [3.05, 3.63) is 72.8 Å². The van der Waals surface area contributed by atoms with E-state index in [2.05, 4.69) is 23.8 Å². The van der Waals surface area contributed by atoms with E-state index in [0.29, 0.717) is 0 Å². The average molecular weight is 297 g/mol. The van der Waals surface area contributed by atoms with Gasteiger partial charge in [0, 0.05) is 11.1 Å². The van der Waals surface area contributed by atoms with Crippen LogP contribution in [-0.4, -0.2) is 11.8 Å². The van der Waals surface area contributed by atoms with E-state index in [1.807, 2.05) is 54.6 Å². The molecule has 0 amide bonds. The Bertz CT molecular complexity index is 1050. The van der Waals surface area contributed by atoms with Gasteiger partial charge in [-0.2, -0.15) is 0 Å². The number of hydrogen-bond donors (Lipinski definition) is 1. The van der Waals surface area contributed by atoms with Crippen LogP contribution < -0.4 is 0 Å². The van der Waals surface area contributed by atoms with Crippen molar-refractivity contribution in [3.8, 4) is 16.9 Å². The van der Waals surface area contributed by atoms with Gasteiger partial charge in [-0.05, 0) is 40.4 Å². The summed E-state index contributed by atoms with van der Waals surface area (Å²) in [6.45, 7) is 3.70. The highest BCUT2D eigenvalue weighted by molar-refractivity contribution is 6.11. The Balaban J connectivity index is 2.23. The van der Waals surface area contributed by atoms with Crippen LogP contribution in [0.25, 0.3) is 32.7 Å². The zero-order chi connectivity index (χ0) is 15.8. The van der Waals surface area contributed by atoms with E-state index in [-0.39, 0.29) is 5.75 Å². The maximum absolute atomic E-state index is 10.6. The molecule has 0 radical (unpaired) electrons. The lowest BCUT2D eigenvalue weighted by molar-refractivity contribution is 0.478. The number of aromatic hydroxyl groups is 1. The van der Waals surface area contributed by atoms with E-state index in [1.54, 1.807) is 6.07 Å². The molecule has 0 aliphatic heterocycles. The molecule has 4 aromatic rings. The van der Waals surface area contributed by atoms with Crippen LogP contribution in [0.2, 0.25) is 0 Å². The number of benzene rings is 4. The van der Waals surface area contributed by atoms with Crippen molar-refractivity contribution >= 4 is 33.9 Å². The quantitative estimate of drug-likeness (QED) is 0.473. The van der Waals surface area contributed by atoms with Crippen LogP contribution in [0.15, 0.2) is 77.8 Å². The van der Waals surface area contributed by atoms with Crippen LogP contribution in [-0.2, 0) is 0 Å². The average Bonchev–Trinajstić information content (AvgIpc) is 2.61. The second kappa shape index (κ2) is 5.25. The molecule has 0 heterocycles. The highest BCUT2D eigenvalue weighted by atomic mass is 16.3. The van der Waals surface area contributed by atoms with E-state index < -0.39 is 0 Å². The molecule has 0 atom stereocenters. The zero-order valence-electron chi connectivity index (χ0n) is 12.5. The van der Waals surface area contributed by atoms with Gasteiger partial charge in [-0.15, -0.1) is 0 Å². The number of nitrogens with zero attached hydrogens (tertiary/aromatic N) is 1. The van der Waals surface area contributed by atoms with Gasteiger partial charge in [0.15, 0.2) is 0 Å². The van der Waals surface area contributed by atoms with Gasteiger partial charge in [-0.1, -0.05) is 60.7 Å². The van der Waals surface area contributed by atoms with Gasteiger partial charge in [-0.25, -0.2) is 0 Å². The fourth-order valence-electron chi connectivity index (χ4n) is 3.18. The van der Waals surface area contributed by atoms with E-state index in [0.717, 1.165) is 38.4 Å². The summed E-state index contributed by atoms with van der Waals surface area (Å²) in [6, 6.07) is 23.8. The normalized spacial score (nSPS) is 11.0. The predicted molar refractivity (Wildman–Crippen MR) is 97.8 cm³/mol. The highest BCUT2D eigenvalue weighted by Crippen LogP contribution is 2.44. The van der Waals surface area contributed by atoms with Gasteiger partial charge in [0.05, 0.1) is 5.69 Å². The first-order valence-corrected chi connectivity index (χ1v) is 7.49. The summed E-state index contributed by atoms with van der Waals surface area (Å²) in [5.41, 5.74) is 2.50. The van der Waals surface area contributed by atoms with E-state index in [4.69, 9.17) is 0 Å². The first-order valence-electron chi connectivity index (χ1n) is 7.49. The van der Waals surface area contributed by atoms with Crippen molar-refractivity contribution in [2.75, 3.05) is 0 Å². The SMILES string of the molecule is C=Nc1ccc2ccccc2c1-c1c(O)ccc2ccccc12. The molecule has 4 rings (SSSR count). The summed E-state index contributed by atoms with van der Waals surface area (Å²) < 4.78 is 0. The van der Waals surface area contributed by atoms with Crippen molar-refractivity contribution in [2.24, 2.45) is 4.99 Å².